The second-order valence-electron chi connectivity index (χ2n) is 8.25. The number of aromatic nitrogens is 2. The van der Waals surface area contributed by atoms with E-state index in [1.54, 1.807) is 18.2 Å². The van der Waals surface area contributed by atoms with Crippen molar-refractivity contribution in [3.05, 3.63) is 59.7 Å². The molecule has 0 saturated carbocycles. The van der Waals surface area contributed by atoms with Gasteiger partial charge in [0.25, 0.3) is 5.91 Å². The summed E-state index contributed by atoms with van der Waals surface area (Å²) < 4.78 is 16.3. The Labute approximate surface area is 192 Å². The van der Waals surface area contributed by atoms with Crippen molar-refractivity contribution in [3.63, 3.8) is 0 Å². The lowest BCUT2D eigenvalue weighted by molar-refractivity contribution is -0.133. The summed E-state index contributed by atoms with van der Waals surface area (Å²) in [5, 5.41) is 8.86. The summed E-state index contributed by atoms with van der Waals surface area (Å²) in [6.07, 6.45) is 0. The zero-order valence-corrected chi connectivity index (χ0v) is 18.8. The lowest BCUT2D eigenvalue weighted by atomic mass is 10.0. The van der Waals surface area contributed by atoms with Crippen molar-refractivity contribution >= 4 is 11.7 Å². The molecule has 33 heavy (non-hydrogen) atoms. The number of piperazine rings is 1. The van der Waals surface area contributed by atoms with Crippen LogP contribution in [0.5, 0.6) is 17.2 Å². The Bertz CT molecular complexity index is 1160. The Kier molecular flexibility index (Phi) is 5.73. The minimum absolute atomic E-state index is 0.00981. The van der Waals surface area contributed by atoms with Gasteiger partial charge in [-0.05, 0) is 55.3 Å². The number of anilines is 1. The van der Waals surface area contributed by atoms with Gasteiger partial charge in [-0.2, -0.15) is 0 Å². The van der Waals surface area contributed by atoms with Gasteiger partial charge in [-0.15, -0.1) is 10.2 Å². The zero-order chi connectivity index (χ0) is 22.8. The molecule has 0 radical (unpaired) electrons. The van der Waals surface area contributed by atoms with E-state index in [2.05, 4.69) is 47.1 Å². The molecule has 0 N–H and O–H groups in total. The Balaban J connectivity index is 1.13. The molecule has 3 aromatic rings. The Morgan fingerprint density at radius 2 is 1.73 bits per heavy atom. The summed E-state index contributed by atoms with van der Waals surface area (Å²) >= 11 is 0. The van der Waals surface area contributed by atoms with Gasteiger partial charge >= 0.3 is 0 Å². The maximum absolute atomic E-state index is 12.6. The second-order valence-corrected chi connectivity index (χ2v) is 8.25. The first-order chi connectivity index (χ1) is 16.1. The standard InChI is InChI=1S/C25H26N4O4/c1-17-3-4-19(13-18(17)2)21-6-8-24(27-26-21)28-9-11-29(12-10-28)25(30)15-31-20-5-7-22-23(14-20)33-16-32-22/h3-8,13-14H,9-12,15-16H2,1-2H3. The summed E-state index contributed by atoms with van der Waals surface area (Å²) in [5.41, 5.74) is 4.42. The number of carbonyl (C=O) groups is 1. The molecule has 1 aromatic heterocycles. The minimum atomic E-state index is -0.0384. The third-order valence-corrected chi connectivity index (χ3v) is 6.12. The van der Waals surface area contributed by atoms with E-state index < -0.39 is 0 Å². The molecule has 0 unspecified atom stereocenters. The Hall–Kier alpha value is -3.81. The van der Waals surface area contributed by atoms with Crippen LogP contribution in [0, 0.1) is 13.8 Å². The van der Waals surface area contributed by atoms with Crippen LogP contribution in [-0.2, 0) is 4.79 Å². The van der Waals surface area contributed by atoms with Crippen molar-refractivity contribution in [1.29, 1.82) is 0 Å². The van der Waals surface area contributed by atoms with Crippen molar-refractivity contribution in [2.45, 2.75) is 13.8 Å². The highest BCUT2D eigenvalue weighted by Crippen LogP contribution is 2.35. The maximum Gasteiger partial charge on any atom is 0.260 e. The van der Waals surface area contributed by atoms with Crippen molar-refractivity contribution < 1.29 is 19.0 Å². The van der Waals surface area contributed by atoms with Gasteiger partial charge in [0, 0.05) is 37.8 Å². The molecule has 0 spiro atoms. The van der Waals surface area contributed by atoms with Gasteiger partial charge in [0.05, 0.1) is 5.69 Å². The van der Waals surface area contributed by atoms with E-state index in [-0.39, 0.29) is 19.3 Å². The molecule has 8 heteroatoms. The molecule has 3 heterocycles. The average molecular weight is 447 g/mol. The number of rotatable bonds is 5. The molecule has 0 aliphatic carbocycles. The summed E-state index contributed by atoms with van der Waals surface area (Å²) in [6, 6.07) is 15.6. The number of hydrogen-bond donors (Lipinski definition) is 0. The maximum atomic E-state index is 12.6. The number of fused-ring (bicyclic) bond motifs is 1. The van der Waals surface area contributed by atoms with E-state index in [4.69, 9.17) is 14.2 Å². The van der Waals surface area contributed by atoms with E-state index in [9.17, 15) is 4.79 Å². The average Bonchev–Trinajstić information content (AvgIpc) is 3.32. The topological polar surface area (TPSA) is 77.0 Å². The molecule has 2 aliphatic rings. The molecule has 2 aromatic carbocycles. The molecule has 1 fully saturated rings. The Morgan fingerprint density at radius 3 is 2.48 bits per heavy atom. The number of nitrogens with zero attached hydrogens (tertiary/aromatic N) is 4. The quantitative estimate of drug-likeness (QED) is 0.596. The van der Waals surface area contributed by atoms with E-state index in [1.165, 1.54) is 11.1 Å². The molecular formula is C25H26N4O4. The van der Waals surface area contributed by atoms with Gasteiger partial charge < -0.3 is 24.0 Å². The van der Waals surface area contributed by atoms with Crippen molar-refractivity contribution in [2.75, 3.05) is 44.5 Å². The normalized spacial score (nSPS) is 15.0. The molecule has 0 atom stereocenters. The molecule has 170 valence electrons. The van der Waals surface area contributed by atoms with E-state index in [0.29, 0.717) is 43.4 Å². The highest BCUT2D eigenvalue weighted by molar-refractivity contribution is 5.78. The van der Waals surface area contributed by atoms with Crippen LogP contribution in [0.4, 0.5) is 5.82 Å². The van der Waals surface area contributed by atoms with E-state index in [1.807, 2.05) is 17.0 Å². The van der Waals surface area contributed by atoms with Crippen LogP contribution in [0.3, 0.4) is 0 Å². The number of carbonyl (C=O) groups excluding carboxylic acids is 1. The molecule has 1 amide bonds. The molecule has 8 nitrogen and oxygen atoms in total. The monoisotopic (exact) mass is 446 g/mol. The SMILES string of the molecule is Cc1ccc(-c2ccc(N3CCN(C(=O)COc4ccc5c(c4)OCO5)CC3)nn2)cc1C. The van der Waals surface area contributed by atoms with Crippen molar-refractivity contribution in [1.82, 2.24) is 15.1 Å². The smallest absolute Gasteiger partial charge is 0.260 e. The molecular weight excluding hydrogens is 420 g/mol. The van der Waals surface area contributed by atoms with Crippen LogP contribution in [0.15, 0.2) is 48.5 Å². The Morgan fingerprint density at radius 1 is 0.909 bits per heavy atom. The van der Waals surface area contributed by atoms with Crippen LogP contribution in [-0.4, -0.2) is 60.6 Å². The number of hydrogen-bond acceptors (Lipinski definition) is 7. The predicted octanol–water partition coefficient (Wildman–Crippen LogP) is 3.22. The fraction of sp³-hybridized carbons (Fsp3) is 0.320. The fourth-order valence-electron chi connectivity index (χ4n) is 3.94. The summed E-state index contributed by atoms with van der Waals surface area (Å²) in [7, 11) is 0. The van der Waals surface area contributed by atoms with Crippen molar-refractivity contribution in [2.24, 2.45) is 0 Å². The lowest BCUT2D eigenvalue weighted by Gasteiger charge is -2.35. The summed E-state index contributed by atoms with van der Waals surface area (Å²) in [5.74, 6) is 2.70. The van der Waals surface area contributed by atoms with E-state index >= 15 is 0 Å². The fourth-order valence-corrected chi connectivity index (χ4v) is 3.94. The minimum Gasteiger partial charge on any atom is -0.484 e. The number of benzene rings is 2. The summed E-state index contributed by atoms with van der Waals surface area (Å²) in [6.45, 7) is 7.03. The lowest BCUT2D eigenvalue weighted by Crippen LogP contribution is -2.50. The van der Waals surface area contributed by atoms with Gasteiger partial charge in [-0.3, -0.25) is 4.79 Å². The first kappa shape index (κ1) is 21.1. The van der Waals surface area contributed by atoms with Crippen LogP contribution >= 0.6 is 0 Å². The predicted molar refractivity (Wildman–Crippen MR) is 124 cm³/mol. The number of amides is 1. The molecule has 2 aliphatic heterocycles. The largest absolute Gasteiger partial charge is 0.484 e. The van der Waals surface area contributed by atoms with Crippen LogP contribution in [0.2, 0.25) is 0 Å². The van der Waals surface area contributed by atoms with Gasteiger partial charge in [0.2, 0.25) is 6.79 Å². The molecule has 0 bridgehead atoms. The third kappa shape index (κ3) is 4.55. The van der Waals surface area contributed by atoms with Gasteiger partial charge in [0.1, 0.15) is 5.75 Å². The number of aryl methyl sites for hydroxylation is 2. The molecule has 1 saturated heterocycles. The highest BCUT2D eigenvalue weighted by Gasteiger charge is 2.23. The van der Waals surface area contributed by atoms with Gasteiger partial charge in [-0.1, -0.05) is 12.1 Å². The first-order valence-electron chi connectivity index (χ1n) is 11.0. The first-order valence-corrected chi connectivity index (χ1v) is 11.0. The summed E-state index contributed by atoms with van der Waals surface area (Å²) in [4.78, 5) is 16.6. The molecule has 5 rings (SSSR count). The van der Waals surface area contributed by atoms with Crippen LogP contribution in [0.1, 0.15) is 11.1 Å². The highest BCUT2D eigenvalue weighted by atomic mass is 16.7. The third-order valence-electron chi connectivity index (χ3n) is 6.12. The van der Waals surface area contributed by atoms with Crippen LogP contribution < -0.4 is 19.1 Å². The van der Waals surface area contributed by atoms with Gasteiger partial charge in [0.15, 0.2) is 23.9 Å². The second kappa shape index (κ2) is 8.97. The van der Waals surface area contributed by atoms with Crippen molar-refractivity contribution in [3.8, 4) is 28.5 Å². The number of ether oxygens (including phenoxy) is 3. The zero-order valence-electron chi connectivity index (χ0n) is 18.8. The van der Waals surface area contributed by atoms with Crippen LogP contribution in [0.25, 0.3) is 11.3 Å². The van der Waals surface area contributed by atoms with Gasteiger partial charge in [-0.25, -0.2) is 0 Å². The van der Waals surface area contributed by atoms with E-state index in [0.717, 1.165) is 17.1 Å².